The summed E-state index contributed by atoms with van der Waals surface area (Å²) in [6.45, 7) is 1.87. The van der Waals surface area contributed by atoms with E-state index in [-0.39, 0.29) is 29.0 Å². The van der Waals surface area contributed by atoms with Crippen molar-refractivity contribution in [3.63, 3.8) is 0 Å². The lowest BCUT2D eigenvalue weighted by molar-refractivity contribution is -0.115. The van der Waals surface area contributed by atoms with E-state index in [1.54, 1.807) is 24.3 Å². The van der Waals surface area contributed by atoms with Crippen LogP contribution in [0.25, 0.3) is 0 Å². The molecule has 2 aliphatic rings. The third-order valence-corrected chi connectivity index (χ3v) is 6.47. The van der Waals surface area contributed by atoms with Crippen molar-refractivity contribution in [1.82, 2.24) is 4.72 Å². The number of hydrogen-bond donors (Lipinski definition) is 2. The second kappa shape index (κ2) is 6.94. The van der Waals surface area contributed by atoms with E-state index in [1.165, 1.54) is 18.2 Å². The largest absolute Gasteiger partial charge is 0.371 e. The lowest BCUT2D eigenvalue weighted by atomic mass is 10.1. The number of anilines is 2. The van der Waals surface area contributed by atoms with Gasteiger partial charge in [0.2, 0.25) is 15.9 Å². The molecule has 1 fully saturated rings. The van der Waals surface area contributed by atoms with Gasteiger partial charge in [0, 0.05) is 31.0 Å². The second-order valence-electron chi connectivity index (χ2n) is 6.97. The molecular weight excluding hydrogens is 369 g/mol. The normalized spacial score (nSPS) is 19.2. The molecule has 2 heterocycles. The molecule has 1 saturated heterocycles. The second-order valence-corrected chi connectivity index (χ2v) is 8.74. The molecule has 1 unspecified atom stereocenters. The molecule has 2 aromatic rings. The van der Waals surface area contributed by atoms with Crippen LogP contribution in [0.1, 0.15) is 12.0 Å². The number of halogens is 1. The van der Waals surface area contributed by atoms with Crippen LogP contribution in [0.3, 0.4) is 0 Å². The molecule has 0 aromatic heterocycles. The third-order valence-electron chi connectivity index (χ3n) is 5.05. The molecule has 4 rings (SSSR count). The van der Waals surface area contributed by atoms with Crippen molar-refractivity contribution in [1.29, 1.82) is 0 Å². The molecule has 2 N–H and O–H groups in total. The summed E-state index contributed by atoms with van der Waals surface area (Å²) in [4.78, 5) is 13.7. The van der Waals surface area contributed by atoms with E-state index in [2.05, 4.69) is 14.9 Å². The van der Waals surface area contributed by atoms with Gasteiger partial charge in [-0.3, -0.25) is 4.79 Å². The monoisotopic (exact) mass is 389 g/mol. The molecule has 0 aliphatic carbocycles. The first-order chi connectivity index (χ1) is 12.9. The van der Waals surface area contributed by atoms with Gasteiger partial charge in [0.25, 0.3) is 0 Å². The summed E-state index contributed by atoms with van der Waals surface area (Å²) >= 11 is 0. The first-order valence-corrected chi connectivity index (χ1v) is 10.3. The Kier molecular flexibility index (Phi) is 4.61. The standard InChI is InChI=1S/C19H20FN3O3S/c20-15-1-3-16(4-2-15)23-8-7-13(12-23)11-21-27(25,26)17-5-6-18-14(9-17)10-19(24)22-18/h1-6,9,13,21H,7-8,10-12H2,(H,22,24). The van der Waals surface area contributed by atoms with E-state index in [0.29, 0.717) is 17.8 Å². The minimum atomic E-state index is -3.63. The topological polar surface area (TPSA) is 78.5 Å². The van der Waals surface area contributed by atoms with E-state index >= 15 is 0 Å². The molecule has 1 atom stereocenters. The van der Waals surface area contributed by atoms with Crippen molar-refractivity contribution in [2.24, 2.45) is 5.92 Å². The zero-order valence-electron chi connectivity index (χ0n) is 14.6. The third kappa shape index (κ3) is 3.81. The van der Waals surface area contributed by atoms with Gasteiger partial charge in [0.05, 0.1) is 11.3 Å². The number of fused-ring (bicyclic) bond motifs is 1. The summed E-state index contributed by atoms with van der Waals surface area (Å²) in [5.74, 6) is -0.213. The molecule has 0 spiro atoms. The molecule has 27 heavy (non-hydrogen) atoms. The number of nitrogens with zero attached hydrogens (tertiary/aromatic N) is 1. The number of carbonyl (C=O) groups excluding carboxylic acids is 1. The zero-order valence-corrected chi connectivity index (χ0v) is 15.4. The highest BCUT2D eigenvalue weighted by atomic mass is 32.2. The van der Waals surface area contributed by atoms with Crippen molar-refractivity contribution in [2.75, 3.05) is 29.9 Å². The highest BCUT2D eigenvalue weighted by Gasteiger charge is 2.26. The Bertz CT molecular complexity index is 976. The summed E-state index contributed by atoms with van der Waals surface area (Å²) in [7, 11) is -3.63. The summed E-state index contributed by atoms with van der Waals surface area (Å²) in [5.41, 5.74) is 2.31. The highest BCUT2D eigenvalue weighted by Crippen LogP contribution is 2.27. The molecule has 6 nitrogen and oxygen atoms in total. The van der Waals surface area contributed by atoms with Crippen LogP contribution < -0.4 is 14.9 Å². The number of amides is 1. The Morgan fingerprint density at radius 3 is 2.74 bits per heavy atom. The van der Waals surface area contributed by atoms with E-state index in [1.807, 2.05) is 0 Å². The fraction of sp³-hybridized carbons (Fsp3) is 0.316. The minimum Gasteiger partial charge on any atom is -0.371 e. The Hall–Kier alpha value is -2.45. The van der Waals surface area contributed by atoms with Crippen LogP contribution >= 0.6 is 0 Å². The van der Waals surface area contributed by atoms with Gasteiger partial charge in [-0.05, 0) is 60.4 Å². The molecule has 1 amide bonds. The van der Waals surface area contributed by atoms with Gasteiger partial charge in [0.15, 0.2) is 0 Å². The van der Waals surface area contributed by atoms with Crippen molar-refractivity contribution < 1.29 is 17.6 Å². The molecule has 142 valence electrons. The van der Waals surface area contributed by atoms with Gasteiger partial charge < -0.3 is 10.2 Å². The maximum atomic E-state index is 13.1. The van der Waals surface area contributed by atoms with E-state index in [4.69, 9.17) is 0 Å². The van der Waals surface area contributed by atoms with Crippen LogP contribution in [0.5, 0.6) is 0 Å². The lowest BCUT2D eigenvalue weighted by Gasteiger charge is -2.19. The lowest BCUT2D eigenvalue weighted by Crippen LogP contribution is -2.31. The first kappa shape index (κ1) is 17.9. The zero-order chi connectivity index (χ0) is 19.0. The summed E-state index contributed by atoms with van der Waals surface area (Å²) in [5, 5.41) is 2.69. The molecule has 0 saturated carbocycles. The number of rotatable bonds is 5. The van der Waals surface area contributed by atoms with Crippen LogP contribution in [0.2, 0.25) is 0 Å². The van der Waals surface area contributed by atoms with Crippen LogP contribution in [-0.2, 0) is 21.2 Å². The van der Waals surface area contributed by atoms with E-state index < -0.39 is 10.0 Å². The number of nitrogens with one attached hydrogen (secondary N) is 2. The smallest absolute Gasteiger partial charge is 0.240 e. The molecule has 8 heteroatoms. The van der Waals surface area contributed by atoms with Crippen molar-refractivity contribution >= 4 is 27.3 Å². The molecular formula is C19H20FN3O3S. The quantitative estimate of drug-likeness (QED) is 0.821. The number of benzene rings is 2. The number of hydrogen-bond acceptors (Lipinski definition) is 4. The fourth-order valence-electron chi connectivity index (χ4n) is 3.57. The van der Waals surface area contributed by atoms with Crippen LogP contribution in [0, 0.1) is 11.7 Å². The van der Waals surface area contributed by atoms with Crippen LogP contribution in [0.4, 0.5) is 15.8 Å². The molecule has 0 radical (unpaired) electrons. The van der Waals surface area contributed by atoms with Gasteiger partial charge in [-0.25, -0.2) is 17.5 Å². The fourth-order valence-corrected chi connectivity index (χ4v) is 4.74. The van der Waals surface area contributed by atoms with Crippen molar-refractivity contribution in [3.8, 4) is 0 Å². The average molecular weight is 389 g/mol. The predicted octanol–water partition coefficient (Wildman–Crippen LogP) is 2.13. The first-order valence-electron chi connectivity index (χ1n) is 8.84. The van der Waals surface area contributed by atoms with E-state index in [0.717, 1.165) is 25.2 Å². The number of sulfonamides is 1. The maximum absolute atomic E-state index is 13.1. The Morgan fingerprint density at radius 2 is 1.96 bits per heavy atom. The Morgan fingerprint density at radius 1 is 1.19 bits per heavy atom. The van der Waals surface area contributed by atoms with Gasteiger partial charge >= 0.3 is 0 Å². The Balaban J connectivity index is 1.38. The summed E-state index contributed by atoms with van der Waals surface area (Å²) in [6, 6.07) is 11.0. The molecule has 2 aliphatic heterocycles. The summed E-state index contributed by atoms with van der Waals surface area (Å²) < 4.78 is 40.9. The number of carbonyl (C=O) groups is 1. The highest BCUT2D eigenvalue weighted by molar-refractivity contribution is 7.89. The predicted molar refractivity (Wildman–Crippen MR) is 101 cm³/mol. The van der Waals surface area contributed by atoms with Crippen LogP contribution in [0.15, 0.2) is 47.4 Å². The minimum absolute atomic E-state index is 0.126. The molecule has 0 bridgehead atoms. The van der Waals surface area contributed by atoms with Crippen molar-refractivity contribution in [2.45, 2.75) is 17.7 Å². The van der Waals surface area contributed by atoms with Gasteiger partial charge in [-0.1, -0.05) is 0 Å². The van der Waals surface area contributed by atoms with Gasteiger partial charge in [-0.15, -0.1) is 0 Å². The SMILES string of the molecule is O=C1Cc2cc(S(=O)(=O)NCC3CCN(c4ccc(F)cc4)C3)ccc2N1. The average Bonchev–Trinajstić information content (AvgIpc) is 3.25. The van der Waals surface area contributed by atoms with Crippen molar-refractivity contribution in [3.05, 3.63) is 53.8 Å². The maximum Gasteiger partial charge on any atom is 0.240 e. The summed E-state index contributed by atoms with van der Waals surface area (Å²) in [6.07, 6.45) is 1.07. The van der Waals surface area contributed by atoms with E-state index in [9.17, 15) is 17.6 Å². The molecule has 2 aromatic carbocycles. The van der Waals surface area contributed by atoms with Crippen LogP contribution in [-0.4, -0.2) is 34.0 Å². The van der Waals surface area contributed by atoms with Gasteiger partial charge in [0.1, 0.15) is 5.82 Å². The van der Waals surface area contributed by atoms with Gasteiger partial charge in [-0.2, -0.15) is 0 Å². The Labute approximate surface area is 157 Å².